The average molecular weight is 399 g/mol. The molecule has 0 aliphatic carbocycles. The van der Waals surface area contributed by atoms with Crippen LogP contribution in [0.25, 0.3) is 0 Å². The molecule has 1 heterocycles. The lowest BCUT2D eigenvalue weighted by Gasteiger charge is -2.07. The van der Waals surface area contributed by atoms with Crippen LogP contribution >= 0.6 is 11.6 Å². The van der Waals surface area contributed by atoms with Crippen molar-refractivity contribution in [3.8, 4) is 0 Å². The molecule has 2 aromatic carbocycles. The standard InChI is InChI=1S/C21H20ClFN4O/c22-17-6-3-4-15(14-17)10-12-25-21(28)19-8-9-20(27-26-19)24-13-11-16-5-1-2-7-18(16)23/h1-9,14H,10-13H2,(H,24,27)(H,25,28). The van der Waals surface area contributed by atoms with Crippen LogP contribution in [-0.2, 0) is 12.8 Å². The zero-order valence-electron chi connectivity index (χ0n) is 15.2. The normalized spacial score (nSPS) is 10.5. The summed E-state index contributed by atoms with van der Waals surface area (Å²) in [5.74, 6) is 0.0272. The van der Waals surface area contributed by atoms with Gasteiger partial charge in [-0.15, -0.1) is 10.2 Å². The molecule has 0 aliphatic heterocycles. The molecule has 5 nitrogen and oxygen atoms in total. The van der Waals surface area contributed by atoms with Gasteiger partial charge in [0.05, 0.1) is 0 Å². The van der Waals surface area contributed by atoms with Crippen LogP contribution in [0, 0.1) is 5.82 Å². The Hall–Kier alpha value is -2.99. The number of hydrogen-bond acceptors (Lipinski definition) is 4. The number of benzene rings is 2. The first-order valence-corrected chi connectivity index (χ1v) is 9.33. The summed E-state index contributed by atoms with van der Waals surface area (Å²) in [6.45, 7) is 0.990. The number of nitrogens with one attached hydrogen (secondary N) is 2. The first-order valence-electron chi connectivity index (χ1n) is 8.95. The molecule has 3 aromatic rings. The van der Waals surface area contributed by atoms with Crippen LogP contribution in [0.3, 0.4) is 0 Å². The van der Waals surface area contributed by atoms with Crippen LogP contribution in [0.5, 0.6) is 0 Å². The third-order valence-corrected chi connectivity index (χ3v) is 4.38. The van der Waals surface area contributed by atoms with Gasteiger partial charge in [0.15, 0.2) is 5.69 Å². The van der Waals surface area contributed by atoms with E-state index in [0.29, 0.717) is 42.3 Å². The van der Waals surface area contributed by atoms with E-state index >= 15 is 0 Å². The second kappa shape index (κ2) is 9.80. The van der Waals surface area contributed by atoms with Crippen molar-refractivity contribution in [2.45, 2.75) is 12.8 Å². The molecule has 0 atom stereocenters. The fraction of sp³-hybridized carbons (Fsp3) is 0.190. The third-order valence-electron chi connectivity index (χ3n) is 4.14. The topological polar surface area (TPSA) is 66.9 Å². The minimum absolute atomic E-state index is 0.222. The number of anilines is 1. The van der Waals surface area contributed by atoms with E-state index in [-0.39, 0.29) is 17.4 Å². The Bertz CT molecular complexity index is 934. The molecule has 28 heavy (non-hydrogen) atoms. The van der Waals surface area contributed by atoms with Gasteiger partial charge in [0, 0.05) is 18.1 Å². The molecule has 3 rings (SSSR count). The zero-order chi connectivity index (χ0) is 19.8. The SMILES string of the molecule is O=C(NCCc1cccc(Cl)c1)c1ccc(NCCc2ccccc2F)nn1. The molecule has 0 radical (unpaired) electrons. The van der Waals surface area contributed by atoms with Crippen molar-refractivity contribution in [3.05, 3.63) is 88.3 Å². The highest BCUT2D eigenvalue weighted by atomic mass is 35.5. The van der Waals surface area contributed by atoms with E-state index in [0.717, 1.165) is 5.56 Å². The van der Waals surface area contributed by atoms with Crippen LogP contribution in [0.2, 0.25) is 5.02 Å². The van der Waals surface area contributed by atoms with E-state index < -0.39 is 0 Å². The molecule has 144 valence electrons. The lowest BCUT2D eigenvalue weighted by molar-refractivity contribution is 0.0948. The molecule has 1 aromatic heterocycles. The van der Waals surface area contributed by atoms with Gasteiger partial charge in [-0.25, -0.2) is 4.39 Å². The number of carbonyl (C=O) groups excluding carboxylic acids is 1. The molecule has 0 saturated carbocycles. The minimum Gasteiger partial charge on any atom is -0.368 e. The van der Waals surface area contributed by atoms with Crippen molar-refractivity contribution in [1.82, 2.24) is 15.5 Å². The van der Waals surface area contributed by atoms with Crippen molar-refractivity contribution in [3.63, 3.8) is 0 Å². The molecule has 0 spiro atoms. The van der Waals surface area contributed by atoms with Gasteiger partial charge in [0.25, 0.3) is 5.91 Å². The Labute approximate surface area is 168 Å². The number of amides is 1. The molecular weight excluding hydrogens is 379 g/mol. The maximum atomic E-state index is 13.6. The summed E-state index contributed by atoms with van der Waals surface area (Å²) >= 11 is 5.95. The molecule has 0 bridgehead atoms. The van der Waals surface area contributed by atoms with Crippen LogP contribution in [0.1, 0.15) is 21.6 Å². The smallest absolute Gasteiger partial charge is 0.271 e. The summed E-state index contributed by atoms with van der Waals surface area (Å²) in [7, 11) is 0. The van der Waals surface area contributed by atoms with Crippen molar-refractivity contribution in [1.29, 1.82) is 0 Å². The van der Waals surface area contributed by atoms with Gasteiger partial charge in [0.2, 0.25) is 0 Å². The van der Waals surface area contributed by atoms with Gasteiger partial charge < -0.3 is 10.6 Å². The summed E-state index contributed by atoms with van der Waals surface area (Å²) < 4.78 is 13.6. The number of nitrogens with zero attached hydrogens (tertiary/aromatic N) is 2. The number of aromatic nitrogens is 2. The second-order valence-corrected chi connectivity index (χ2v) is 6.64. The number of carbonyl (C=O) groups is 1. The fourth-order valence-corrected chi connectivity index (χ4v) is 2.89. The highest BCUT2D eigenvalue weighted by Gasteiger charge is 2.08. The van der Waals surface area contributed by atoms with Gasteiger partial charge in [0.1, 0.15) is 11.6 Å². The van der Waals surface area contributed by atoms with Gasteiger partial charge in [-0.3, -0.25) is 4.79 Å². The van der Waals surface area contributed by atoms with E-state index in [9.17, 15) is 9.18 Å². The average Bonchev–Trinajstić information content (AvgIpc) is 2.70. The largest absolute Gasteiger partial charge is 0.368 e. The first kappa shape index (κ1) is 19.8. The number of hydrogen-bond donors (Lipinski definition) is 2. The van der Waals surface area contributed by atoms with Crippen molar-refractivity contribution in [2.24, 2.45) is 0 Å². The molecule has 0 fully saturated rings. The predicted molar refractivity (Wildman–Crippen MR) is 108 cm³/mol. The molecule has 2 N–H and O–H groups in total. The lowest BCUT2D eigenvalue weighted by atomic mass is 10.1. The Morgan fingerprint density at radius 3 is 2.57 bits per heavy atom. The summed E-state index contributed by atoms with van der Waals surface area (Å²) in [5, 5.41) is 14.5. The lowest BCUT2D eigenvalue weighted by Crippen LogP contribution is -2.26. The van der Waals surface area contributed by atoms with Gasteiger partial charge in [-0.1, -0.05) is 41.9 Å². The first-order chi connectivity index (χ1) is 13.6. The highest BCUT2D eigenvalue weighted by molar-refractivity contribution is 6.30. The van der Waals surface area contributed by atoms with Crippen molar-refractivity contribution in [2.75, 3.05) is 18.4 Å². The Kier molecular flexibility index (Phi) is 6.92. The van der Waals surface area contributed by atoms with Crippen LogP contribution in [-0.4, -0.2) is 29.2 Å². The van der Waals surface area contributed by atoms with Crippen LogP contribution in [0.4, 0.5) is 10.2 Å². The van der Waals surface area contributed by atoms with E-state index in [2.05, 4.69) is 20.8 Å². The molecule has 0 aliphatic rings. The zero-order valence-corrected chi connectivity index (χ0v) is 15.9. The van der Waals surface area contributed by atoms with E-state index in [1.807, 2.05) is 24.3 Å². The van der Waals surface area contributed by atoms with Crippen molar-refractivity contribution >= 4 is 23.3 Å². The number of rotatable bonds is 8. The summed E-state index contributed by atoms with van der Waals surface area (Å²) in [5.41, 5.74) is 1.93. The van der Waals surface area contributed by atoms with Gasteiger partial charge >= 0.3 is 0 Å². The maximum absolute atomic E-state index is 13.6. The van der Waals surface area contributed by atoms with E-state index in [1.54, 1.807) is 30.3 Å². The predicted octanol–water partition coefficient (Wildman–Crippen LogP) is 3.90. The third kappa shape index (κ3) is 5.76. The minimum atomic E-state index is -0.285. The van der Waals surface area contributed by atoms with Crippen LogP contribution in [0.15, 0.2) is 60.7 Å². The maximum Gasteiger partial charge on any atom is 0.271 e. The second-order valence-electron chi connectivity index (χ2n) is 6.21. The number of halogens is 2. The highest BCUT2D eigenvalue weighted by Crippen LogP contribution is 2.11. The van der Waals surface area contributed by atoms with Crippen molar-refractivity contribution < 1.29 is 9.18 Å². The van der Waals surface area contributed by atoms with E-state index in [4.69, 9.17) is 11.6 Å². The molecular formula is C21H20ClFN4O. The Balaban J connectivity index is 1.44. The Morgan fingerprint density at radius 2 is 1.82 bits per heavy atom. The van der Waals surface area contributed by atoms with Gasteiger partial charge in [-0.05, 0) is 54.3 Å². The summed E-state index contributed by atoms with van der Waals surface area (Å²) in [6.07, 6.45) is 1.20. The quantitative estimate of drug-likeness (QED) is 0.604. The van der Waals surface area contributed by atoms with Crippen LogP contribution < -0.4 is 10.6 Å². The molecule has 0 unspecified atom stereocenters. The monoisotopic (exact) mass is 398 g/mol. The molecule has 1 amide bonds. The molecule has 0 saturated heterocycles. The fourth-order valence-electron chi connectivity index (χ4n) is 2.68. The molecule has 7 heteroatoms. The van der Waals surface area contributed by atoms with Gasteiger partial charge in [-0.2, -0.15) is 0 Å². The summed E-state index contributed by atoms with van der Waals surface area (Å²) in [4.78, 5) is 12.1. The Morgan fingerprint density at radius 1 is 0.964 bits per heavy atom. The summed E-state index contributed by atoms with van der Waals surface area (Å²) in [6, 6.07) is 17.5. The van der Waals surface area contributed by atoms with E-state index in [1.165, 1.54) is 6.07 Å².